The van der Waals surface area contributed by atoms with Crippen LogP contribution in [0.3, 0.4) is 0 Å². The number of hydrogen-bond acceptors (Lipinski definition) is 3. The highest BCUT2D eigenvalue weighted by Gasteiger charge is 2.14. The fraction of sp³-hybridized carbons (Fsp3) is 0.588. The zero-order valence-electron chi connectivity index (χ0n) is 14.4. The van der Waals surface area contributed by atoms with Crippen molar-refractivity contribution in [2.24, 2.45) is 0 Å². The Balaban J connectivity index is 2.50. The lowest BCUT2D eigenvalue weighted by atomic mass is 10.1. The predicted molar refractivity (Wildman–Crippen MR) is 95.5 cm³/mol. The smallest absolute Gasteiger partial charge is 0.317 e. The molecule has 4 nitrogen and oxygen atoms in total. The van der Waals surface area contributed by atoms with Crippen LogP contribution in [0.2, 0.25) is 0 Å². The van der Waals surface area contributed by atoms with Gasteiger partial charge in [-0.05, 0) is 44.5 Å². The Morgan fingerprint density at radius 1 is 1.32 bits per heavy atom. The Bertz CT molecular complexity index is 465. The summed E-state index contributed by atoms with van der Waals surface area (Å²) in [5.41, 5.74) is 1.15. The van der Waals surface area contributed by atoms with Gasteiger partial charge in [-0.2, -0.15) is 0 Å². The molecule has 0 aliphatic heterocycles. The highest BCUT2D eigenvalue weighted by atomic mass is 32.2. The van der Waals surface area contributed by atoms with Gasteiger partial charge in [-0.15, -0.1) is 11.8 Å². The van der Waals surface area contributed by atoms with Gasteiger partial charge < -0.3 is 15.1 Å². The molecule has 124 valence electrons. The molecule has 0 saturated heterocycles. The number of rotatable bonds is 8. The summed E-state index contributed by atoms with van der Waals surface area (Å²) in [6.07, 6.45) is 4.27. The molecule has 0 aromatic heterocycles. The molecule has 1 atom stereocenters. The van der Waals surface area contributed by atoms with Gasteiger partial charge in [-0.25, -0.2) is 4.79 Å². The molecule has 0 aliphatic carbocycles. The van der Waals surface area contributed by atoms with E-state index in [2.05, 4.69) is 55.7 Å². The molecule has 0 fully saturated rings. The number of nitrogens with zero attached hydrogens (tertiary/aromatic N) is 2. The third kappa shape index (κ3) is 6.28. The Morgan fingerprint density at radius 3 is 2.64 bits per heavy atom. The van der Waals surface area contributed by atoms with Gasteiger partial charge in [0.1, 0.15) is 0 Å². The highest BCUT2D eigenvalue weighted by Crippen LogP contribution is 2.16. The number of nitrogens with one attached hydrogen (secondary N) is 1. The number of amides is 2. The molecule has 1 aromatic carbocycles. The molecule has 1 N–H and O–H groups in total. The number of carbonyl (C=O) groups is 1. The van der Waals surface area contributed by atoms with Crippen molar-refractivity contribution in [2.75, 3.05) is 33.9 Å². The van der Waals surface area contributed by atoms with Crippen LogP contribution in [-0.2, 0) is 6.54 Å². The predicted octanol–water partition coefficient (Wildman–Crippen LogP) is 3.28. The molecule has 5 heteroatoms. The average molecular weight is 324 g/mol. The van der Waals surface area contributed by atoms with Gasteiger partial charge in [-0.3, -0.25) is 0 Å². The van der Waals surface area contributed by atoms with E-state index in [0.29, 0.717) is 19.1 Å². The van der Waals surface area contributed by atoms with Crippen molar-refractivity contribution in [2.45, 2.75) is 37.2 Å². The highest BCUT2D eigenvalue weighted by molar-refractivity contribution is 7.98. The van der Waals surface area contributed by atoms with E-state index in [1.165, 1.54) is 4.90 Å². The summed E-state index contributed by atoms with van der Waals surface area (Å²) in [4.78, 5) is 17.4. The van der Waals surface area contributed by atoms with Crippen LogP contribution in [0.5, 0.6) is 0 Å². The van der Waals surface area contributed by atoms with E-state index in [9.17, 15) is 4.79 Å². The number of likely N-dealkylation sites (N-methyl/N-ethyl adjacent to an activating group) is 1. The Labute approximate surface area is 139 Å². The maximum absolute atomic E-state index is 12.2. The summed E-state index contributed by atoms with van der Waals surface area (Å²) in [6.45, 7) is 3.48. The summed E-state index contributed by atoms with van der Waals surface area (Å²) in [6, 6.07) is 8.69. The van der Waals surface area contributed by atoms with Crippen molar-refractivity contribution in [3.63, 3.8) is 0 Å². The van der Waals surface area contributed by atoms with Crippen molar-refractivity contribution in [1.29, 1.82) is 0 Å². The van der Waals surface area contributed by atoms with E-state index in [4.69, 9.17) is 0 Å². The summed E-state index contributed by atoms with van der Waals surface area (Å²) < 4.78 is 0. The third-order valence-electron chi connectivity index (χ3n) is 3.74. The van der Waals surface area contributed by atoms with Crippen molar-refractivity contribution in [3.8, 4) is 0 Å². The lowest BCUT2D eigenvalue weighted by Gasteiger charge is -2.26. The summed E-state index contributed by atoms with van der Waals surface area (Å²) in [7, 11) is 5.96. The van der Waals surface area contributed by atoms with E-state index in [1.807, 2.05) is 13.1 Å². The Kier molecular flexibility index (Phi) is 8.35. The standard InChI is InChI=1S/C17H29N3OS/c1-6-8-15(19(2)3)12-18-17(21)20(4)13-14-9-7-10-16(11-14)22-5/h7,9-11,15H,6,8,12-13H2,1-5H3,(H,18,21). The normalized spacial score (nSPS) is 12.3. The number of carbonyl (C=O) groups excluding carboxylic acids is 1. The van der Waals surface area contributed by atoms with E-state index in [0.717, 1.165) is 18.4 Å². The Hall–Kier alpha value is -1.20. The van der Waals surface area contributed by atoms with E-state index in [1.54, 1.807) is 16.7 Å². The monoisotopic (exact) mass is 323 g/mol. The first-order chi connectivity index (χ1) is 10.5. The molecule has 0 saturated carbocycles. The van der Waals surface area contributed by atoms with Gasteiger partial charge in [-0.1, -0.05) is 25.5 Å². The molecule has 0 aliphatic rings. The maximum atomic E-state index is 12.2. The lowest BCUT2D eigenvalue weighted by Crippen LogP contribution is -2.44. The zero-order chi connectivity index (χ0) is 16.5. The van der Waals surface area contributed by atoms with Gasteiger partial charge >= 0.3 is 6.03 Å². The molecule has 0 bridgehead atoms. The van der Waals surface area contributed by atoms with Crippen LogP contribution in [0.1, 0.15) is 25.3 Å². The van der Waals surface area contributed by atoms with Crippen molar-refractivity contribution < 1.29 is 4.79 Å². The fourth-order valence-electron chi connectivity index (χ4n) is 2.33. The maximum Gasteiger partial charge on any atom is 0.317 e. The first-order valence-electron chi connectivity index (χ1n) is 7.76. The molecule has 0 radical (unpaired) electrons. The van der Waals surface area contributed by atoms with Gasteiger partial charge in [0, 0.05) is 31.1 Å². The van der Waals surface area contributed by atoms with Crippen LogP contribution in [-0.4, -0.2) is 55.8 Å². The largest absolute Gasteiger partial charge is 0.336 e. The minimum atomic E-state index is -0.0162. The Morgan fingerprint density at radius 2 is 2.05 bits per heavy atom. The molecule has 2 amide bonds. The van der Waals surface area contributed by atoms with Gasteiger partial charge in [0.2, 0.25) is 0 Å². The topological polar surface area (TPSA) is 35.6 Å². The van der Waals surface area contributed by atoms with E-state index >= 15 is 0 Å². The minimum absolute atomic E-state index is 0.0162. The van der Waals surface area contributed by atoms with Crippen LogP contribution in [0, 0.1) is 0 Å². The molecule has 0 heterocycles. The lowest BCUT2D eigenvalue weighted by molar-refractivity contribution is 0.199. The van der Waals surface area contributed by atoms with Gasteiger partial charge in [0.05, 0.1) is 0 Å². The van der Waals surface area contributed by atoms with E-state index < -0.39 is 0 Å². The molecular weight excluding hydrogens is 294 g/mol. The van der Waals surface area contributed by atoms with Crippen LogP contribution in [0.15, 0.2) is 29.2 Å². The molecule has 1 rings (SSSR count). The summed E-state index contributed by atoms with van der Waals surface area (Å²) >= 11 is 1.72. The summed E-state index contributed by atoms with van der Waals surface area (Å²) in [5, 5.41) is 3.04. The number of hydrogen-bond donors (Lipinski definition) is 1. The molecule has 1 aromatic rings. The quantitative estimate of drug-likeness (QED) is 0.746. The van der Waals surface area contributed by atoms with E-state index in [-0.39, 0.29) is 6.03 Å². The SMILES string of the molecule is CCCC(CNC(=O)N(C)Cc1cccc(SC)c1)N(C)C. The zero-order valence-corrected chi connectivity index (χ0v) is 15.2. The second kappa shape index (κ2) is 9.74. The molecular formula is C17H29N3OS. The second-order valence-electron chi connectivity index (χ2n) is 5.80. The van der Waals surface area contributed by atoms with Crippen molar-refractivity contribution >= 4 is 17.8 Å². The van der Waals surface area contributed by atoms with Gasteiger partial charge in [0.15, 0.2) is 0 Å². The van der Waals surface area contributed by atoms with Crippen LogP contribution >= 0.6 is 11.8 Å². The van der Waals surface area contributed by atoms with Crippen LogP contribution in [0.4, 0.5) is 4.79 Å². The molecule has 1 unspecified atom stereocenters. The second-order valence-corrected chi connectivity index (χ2v) is 6.68. The van der Waals surface area contributed by atoms with Crippen LogP contribution < -0.4 is 5.32 Å². The first-order valence-corrected chi connectivity index (χ1v) is 8.98. The fourth-order valence-corrected chi connectivity index (χ4v) is 2.82. The number of urea groups is 1. The molecule has 0 spiro atoms. The number of thioether (sulfide) groups is 1. The summed E-state index contributed by atoms with van der Waals surface area (Å²) in [5.74, 6) is 0. The van der Waals surface area contributed by atoms with Crippen molar-refractivity contribution in [1.82, 2.24) is 15.1 Å². The third-order valence-corrected chi connectivity index (χ3v) is 4.47. The first kappa shape index (κ1) is 18.8. The average Bonchev–Trinajstić information content (AvgIpc) is 2.50. The van der Waals surface area contributed by atoms with Gasteiger partial charge in [0.25, 0.3) is 0 Å². The van der Waals surface area contributed by atoms with Crippen molar-refractivity contribution in [3.05, 3.63) is 29.8 Å². The van der Waals surface area contributed by atoms with Crippen LogP contribution in [0.25, 0.3) is 0 Å². The molecule has 22 heavy (non-hydrogen) atoms. The number of benzene rings is 1. The minimum Gasteiger partial charge on any atom is -0.336 e.